The minimum absolute atomic E-state index is 0.236. The quantitative estimate of drug-likeness (QED) is 0.905. The van der Waals surface area contributed by atoms with Crippen molar-refractivity contribution in [3.05, 3.63) is 30.0 Å². The molecule has 0 aromatic carbocycles. The van der Waals surface area contributed by atoms with Crippen molar-refractivity contribution in [2.75, 3.05) is 30.4 Å². The number of rotatable bonds is 5. The second-order valence-corrected chi connectivity index (χ2v) is 5.81. The second kappa shape index (κ2) is 7.29. The van der Waals surface area contributed by atoms with Gasteiger partial charge in [0.2, 0.25) is 5.89 Å². The Bertz CT molecular complexity index is 695. The normalized spacial score (nSPS) is 14.0. The largest absolute Gasteiger partial charge is 0.355 e. The molecule has 0 bridgehead atoms. The first kappa shape index (κ1) is 16.2. The molecule has 1 N–H and O–H groups in total. The van der Waals surface area contributed by atoms with E-state index in [0.717, 1.165) is 37.4 Å². The van der Waals surface area contributed by atoms with Crippen molar-refractivity contribution in [2.45, 2.75) is 32.7 Å². The summed E-state index contributed by atoms with van der Waals surface area (Å²) in [4.78, 5) is 24.8. The summed E-state index contributed by atoms with van der Waals surface area (Å²) >= 11 is 0. The first-order valence-corrected chi connectivity index (χ1v) is 8.21. The average molecular weight is 330 g/mol. The summed E-state index contributed by atoms with van der Waals surface area (Å²) in [6.45, 7) is 4.15. The lowest BCUT2D eigenvalue weighted by Gasteiger charge is -2.22. The average Bonchev–Trinajstić information content (AvgIpc) is 3.26. The third kappa shape index (κ3) is 3.64. The van der Waals surface area contributed by atoms with Crippen molar-refractivity contribution in [1.29, 1.82) is 0 Å². The van der Waals surface area contributed by atoms with Crippen molar-refractivity contribution in [3.63, 3.8) is 0 Å². The van der Waals surface area contributed by atoms with Crippen LogP contribution in [-0.4, -0.2) is 46.2 Å². The molecule has 0 saturated carbocycles. The topological polar surface area (TPSA) is 87.4 Å². The number of anilines is 2. The van der Waals surface area contributed by atoms with Crippen molar-refractivity contribution in [1.82, 2.24) is 20.0 Å². The number of urea groups is 1. The molecule has 1 aliphatic rings. The van der Waals surface area contributed by atoms with E-state index in [9.17, 15) is 4.79 Å². The smallest absolute Gasteiger partial charge is 0.322 e. The first-order valence-electron chi connectivity index (χ1n) is 8.21. The Kier molecular flexibility index (Phi) is 4.93. The van der Waals surface area contributed by atoms with E-state index < -0.39 is 0 Å². The highest BCUT2D eigenvalue weighted by atomic mass is 16.5. The zero-order chi connectivity index (χ0) is 16.9. The molecular weight excluding hydrogens is 308 g/mol. The number of amides is 2. The van der Waals surface area contributed by atoms with Crippen LogP contribution in [0.5, 0.6) is 0 Å². The molecule has 0 unspecified atom stereocenters. The Labute approximate surface area is 140 Å². The van der Waals surface area contributed by atoms with E-state index in [2.05, 4.69) is 25.3 Å². The van der Waals surface area contributed by atoms with E-state index in [1.165, 1.54) is 4.90 Å². The highest BCUT2D eigenvalue weighted by Gasteiger charge is 2.19. The van der Waals surface area contributed by atoms with Gasteiger partial charge in [-0.25, -0.2) is 9.78 Å². The van der Waals surface area contributed by atoms with Gasteiger partial charge in [0.15, 0.2) is 11.6 Å². The molecule has 0 radical (unpaired) electrons. The number of nitrogens with zero attached hydrogens (tertiary/aromatic N) is 5. The molecule has 3 rings (SSSR count). The van der Waals surface area contributed by atoms with Crippen LogP contribution in [0.2, 0.25) is 0 Å². The molecule has 2 aromatic heterocycles. The van der Waals surface area contributed by atoms with Gasteiger partial charge in [-0.15, -0.1) is 0 Å². The van der Waals surface area contributed by atoms with Gasteiger partial charge in [-0.1, -0.05) is 12.1 Å². The van der Waals surface area contributed by atoms with Crippen LogP contribution in [0.3, 0.4) is 0 Å². The summed E-state index contributed by atoms with van der Waals surface area (Å²) in [5.74, 6) is 1.89. The highest BCUT2D eigenvalue weighted by Crippen LogP contribution is 2.26. The SMILES string of the molecule is CCc1noc(CN(C)C(=O)Nc2cccnc2N2CCCC2)n1. The molecule has 2 amide bonds. The standard InChI is InChI=1S/C16H22N6O2/c1-3-13-19-14(24-20-13)11-21(2)16(23)18-12-7-6-8-17-15(12)22-9-4-5-10-22/h6-8H,3-5,9-11H2,1-2H3,(H,18,23). The molecule has 128 valence electrons. The monoisotopic (exact) mass is 330 g/mol. The van der Waals surface area contributed by atoms with Gasteiger partial charge in [-0.3, -0.25) is 0 Å². The maximum atomic E-state index is 12.4. The number of nitrogens with one attached hydrogen (secondary N) is 1. The summed E-state index contributed by atoms with van der Waals surface area (Å²) < 4.78 is 5.13. The molecule has 0 atom stereocenters. The zero-order valence-electron chi connectivity index (χ0n) is 14.0. The van der Waals surface area contributed by atoms with Crippen LogP contribution < -0.4 is 10.2 Å². The van der Waals surface area contributed by atoms with Crippen LogP contribution >= 0.6 is 0 Å². The molecule has 2 aromatic rings. The minimum Gasteiger partial charge on any atom is -0.355 e. The second-order valence-electron chi connectivity index (χ2n) is 5.81. The fraction of sp³-hybridized carbons (Fsp3) is 0.500. The third-order valence-corrected chi connectivity index (χ3v) is 3.98. The van der Waals surface area contributed by atoms with Gasteiger partial charge in [0.1, 0.15) is 6.54 Å². The van der Waals surface area contributed by atoms with Gasteiger partial charge in [-0.2, -0.15) is 4.98 Å². The van der Waals surface area contributed by atoms with Crippen LogP contribution in [-0.2, 0) is 13.0 Å². The lowest BCUT2D eigenvalue weighted by Crippen LogP contribution is -2.32. The Hall–Kier alpha value is -2.64. The zero-order valence-corrected chi connectivity index (χ0v) is 14.0. The highest BCUT2D eigenvalue weighted by molar-refractivity contribution is 5.92. The molecule has 8 nitrogen and oxygen atoms in total. The fourth-order valence-electron chi connectivity index (χ4n) is 2.66. The van der Waals surface area contributed by atoms with Crippen LogP contribution in [0, 0.1) is 0 Å². The molecule has 8 heteroatoms. The van der Waals surface area contributed by atoms with E-state index in [1.54, 1.807) is 13.2 Å². The first-order chi connectivity index (χ1) is 11.7. The molecular formula is C16H22N6O2. The predicted octanol–water partition coefficient (Wildman–Crippen LogP) is 2.29. The van der Waals surface area contributed by atoms with Gasteiger partial charge >= 0.3 is 6.03 Å². The third-order valence-electron chi connectivity index (χ3n) is 3.98. The van der Waals surface area contributed by atoms with Gasteiger partial charge in [-0.05, 0) is 25.0 Å². The summed E-state index contributed by atoms with van der Waals surface area (Å²) in [6, 6.07) is 3.45. The van der Waals surface area contributed by atoms with Crippen LogP contribution in [0.1, 0.15) is 31.5 Å². The van der Waals surface area contributed by atoms with Crippen LogP contribution in [0.4, 0.5) is 16.3 Å². The molecule has 3 heterocycles. The van der Waals surface area contributed by atoms with Crippen molar-refractivity contribution >= 4 is 17.5 Å². The number of hydrogen-bond donors (Lipinski definition) is 1. The lowest BCUT2D eigenvalue weighted by atomic mass is 10.3. The lowest BCUT2D eigenvalue weighted by molar-refractivity contribution is 0.213. The van der Waals surface area contributed by atoms with Crippen molar-refractivity contribution in [3.8, 4) is 0 Å². The molecule has 0 aliphatic carbocycles. The maximum absolute atomic E-state index is 12.4. The van der Waals surface area contributed by atoms with E-state index in [4.69, 9.17) is 4.52 Å². The molecule has 1 fully saturated rings. The van der Waals surface area contributed by atoms with Gasteiger partial charge in [0.25, 0.3) is 0 Å². The maximum Gasteiger partial charge on any atom is 0.322 e. The summed E-state index contributed by atoms with van der Waals surface area (Å²) in [5, 5.41) is 6.76. The minimum atomic E-state index is -0.236. The number of hydrogen-bond acceptors (Lipinski definition) is 6. The van der Waals surface area contributed by atoms with Crippen LogP contribution in [0.15, 0.2) is 22.9 Å². The van der Waals surface area contributed by atoms with E-state index in [0.29, 0.717) is 18.1 Å². The number of carbonyl (C=O) groups is 1. The molecule has 0 spiro atoms. The molecule has 1 aliphatic heterocycles. The Balaban J connectivity index is 1.65. The van der Waals surface area contributed by atoms with E-state index in [1.807, 2.05) is 19.1 Å². The van der Waals surface area contributed by atoms with Crippen molar-refractivity contribution < 1.29 is 9.32 Å². The Morgan fingerprint density at radius 3 is 2.92 bits per heavy atom. The van der Waals surface area contributed by atoms with Gasteiger partial charge in [0.05, 0.1) is 5.69 Å². The van der Waals surface area contributed by atoms with E-state index >= 15 is 0 Å². The Morgan fingerprint density at radius 2 is 2.21 bits per heavy atom. The van der Waals surface area contributed by atoms with Crippen LogP contribution in [0.25, 0.3) is 0 Å². The molecule has 1 saturated heterocycles. The van der Waals surface area contributed by atoms with Crippen molar-refractivity contribution in [2.24, 2.45) is 0 Å². The van der Waals surface area contributed by atoms with Gasteiger partial charge < -0.3 is 19.6 Å². The Morgan fingerprint density at radius 1 is 1.42 bits per heavy atom. The number of aromatic nitrogens is 3. The fourth-order valence-corrected chi connectivity index (χ4v) is 2.66. The van der Waals surface area contributed by atoms with Gasteiger partial charge in [0, 0.05) is 32.8 Å². The summed E-state index contributed by atoms with van der Waals surface area (Å²) in [7, 11) is 1.69. The number of pyridine rings is 1. The molecule has 24 heavy (non-hydrogen) atoms. The predicted molar refractivity (Wildman–Crippen MR) is 89.8 cm³/mol. The number of aryl methyl sites for hydroxylation is 1. The summed E-state index contributed by atoms with van der Waals surface area (Å²) in [5.41, 5.74) is 0.719. The number of carbonyl (C=O) groups excluding carboxylic acids is 1. The summed E-state index contributed by atoms with van der Waals surface area (Å²) in [6.07, 6.45) is 4.76. The van der Waals surface area contributed by atoms with E-state index in [-0.39, 0.29) is 12.6 Å².